The molecule has 2 amide bonds. The SMILES string of the molecule is CO[C@@H]1[C@@H](OC(N)=O)[C@@H](O)[C@H](Oc2ccc3c(O[C@@H]4O[C@H](CO)[C@H](O)[C@H](O)[C@H]4O)c(NC(=O)c4ccc(O)c(CC=C(C)C)c4)c(=O)oc3c2C)OC1(C)C. The molecule has 3 aromatic rings. The normalized spacial score (nSPS) is 27.6. The number of nitrogens with one attached hydrogen (secondary N) is 1. The highest BCUT2D eigenvalue weighted by Gasteiger charge is 2.53. The van der Waals surface area contributed by atoms with Crippen LogP contribution < -0.4 is 26.1 Å². The Morgan fingerprint density at radius 2 is 1.71 bits per heavy atom. The third kappa shape index (κ3) is 8.56. The van der Waals surface area contributed by atoms with Gasteiger partial charge < -0.3 is 74.5 Å². The Kier molecular flexibility index (Phi) is 12.4. The standard InChI is InChI=1S/C37H46N2O16/c1-15(2)7-8-17-13-18(9-11-20(17)41)32(46)39-23-29(53-34-26(44)25(43)24(42)22(14-40)51-34)19-10-12-21(16(3)28(19)52-33(23)47)50-35-27(45)30(54-36(38)48)31(49-6)37(4,5)55-35/h7,9-13,22,24-27,30-31,34-35,40-45H,8,14H2,1-6H3,(H2,38,48)(H,39,46)/t22-,24+,25+,26-,27-,30+,31-,34+,35-/m1/s1. The number of primary amides is 1. The number of anilines is 1. The second-order valence-electron chi connectivity index (χ2n) is 14.0. The maximum atomic E-state index is 13.8. The Morgan fingerprint density at radius 3 is 2.35 bits per heavy atom. The molecule has 18 heteroatoms. The molecule has 2 aromatic carbocycles. The summed E-state index contributed by atoms with van der Waals surface area (Å²) in [6, 6.07) is 6.86. The van der Waals surface area contributed by atoms with Crippen molar-refractivity contribution in [3.8, 4) is 17.2 Å². The van der Waals surface area contributed by atoms with Crippen LogP contribution in [0.25, 0.3) is 11.0 Å². The fourth-order valence-electron chi connectivity index (χ4n) is 6.45. The molecule has 2 aliphatic rings. The number of rotatable bonds is 11. The molecule has 300 valence electrons. The Morgan fingerprint density at radius 1 is 1.00 bits per heavy atom. The first-order valence-electron chi connectivity index (χ1n) is 17.2. The third-order valence-electron chi connectivity index (χ3n) is 9.39. The Balaban J connectivity index is 1.58. The fourth-order valence-corrected chi connectivity index (χ4v) is 6.45. The lowest BCUT2D eigenvalue weighted by atomic mass is 9.89. The van der Waals surface area contributed by atoms with E-state index in [1.165, 1.54) is 44.4 Å². The molecule has 0 spiro atoms. The number of aliphatic hydroxyl groups is 5. The monoisotopic (exact) mass is 774 g/mol. The van der Waals surface area contributed by atoms with Gasteiger partial charge in [0, 0.05) is 18.2 Å². The van der Waals surface area contributed by atoms with E-state index in [-0.39, 0.29) is 33.6 Å². The van der Waals surface area contributed by atoms with E-state index in [0.29, 0.717) is 12.0 Å². The number of benzene rings is 2. The van der Waals surface area contributed by atoms with Crippen LogP contribution in [0, 0.1) is 6.92 Å². The summed E-state index contributed by atoms with van der Waals surface area (Å²) in [6.45, 7) is 7.71. The summed E-state index contributed by atoms with van der Waals surface area (Å²) in [7, 11) is 1.34. The average molecular weight is 775 g/mol. The number of hydrogen-bond donors (Lipinski definition) is 8. The summed E-state index contributed by atoms with van der Waals surface area (Å²) in [5.74, 6) is -1.24. The molecule has 0 bridgehead atoms. The van der Waals surface area contributed by atoms with E-state index in [2.05, 4.69) is 5.32 Å². The molecule has 2 aliphatic heterocycles. The predicted molar refractivity (Wildman–Crippen MR) is 192 cm³/mol. The van der Waals surface area contributed by atoms with Crippen LogP contribution in [0.15, 0.2) is 51.2 Å². The number of carbonyl (C=O) groups excluding carboxylic acids is 2. The van der Waals surface area contributed by atoms with Gasteiger partial charge in [-0.3, -0.25) is 4.79 Å². The summed E-state index contributed by atoms with van der Waals surface area (Å²) >= 11 is 0. The van der Waals surface area contributed by atoms with E-state index in [4.69, 9.17) is 38.6 Å². The highest BCUT2D eigenvalue weighted by atomic mass is 16.7. The molecule has 9 N–H and O–H groups in total. The lowest BCUT2D eigenvalue weighted by Crippen LogP contribution is -2.65. The quantitative estimate of drug-likeness (QED) is 0.100. The molecule has 55 heavy (non-hydrogen) atoms. The number of aryl methyl sites for hydroxylation is 1. The van der Waals surface area contributed by atoms with Crippen molar-refractivity contribution in [1.29, 1.82) is 0 Å². The smallest absolute Gasteiger partial charge is 0.404 e. The summed E-state index contributed by atoms with van der Waals surface area (Å²) in [6.07, 6.45) is -13.0. The molecule has 1 aromatic heterocycles. The van der Waals surface area contributed by atoms with Gasteiger partial charge in [0.2, 0.25) is 12.6 Å². The highest BCUT2D eigenvalue weighted by molar-refractivity contribution is 6.07. The van der Waals surface area contributed by atoms with Crippen molar-refractivity contribution in [2.75, 3.05) is 19.0 Å². The van der Waals surface area contributed by atoms with E-state index in [1.807, 2.05) is 19.9 Å². The number of allylic oxidation sites excluding steroid dienone is 2. The molecule has 18 nitrogen and oxygen atoms in total. The molecule has 0 aliphatic carbocycles. The first-order chi connectivity index (χ1) is 25.9. The van der Waals surface area contributed by atoms with Gasteiger partial charge in [-0.2, -0.15) is 0 Å². The van der Waals surface area contributed by atoms with Crippen molar-refractivity contribution >= 4 is 28.7 Å². The summed E-state index contributed by atoms with van der Waals surface area (Å²) in [5.41, 5.74) is 3.85. The lowest BCUT2D eigenvalue weighted by Gasteiger charge is -2.47. The van der Waals surface area contributed by atoms with E-state index < -0.39 is 96.6 Å². The molecular formula is C37H46N2O16. The van der Waals surface area contributed by atoms with Crippen molar-refractivity contribution in [3.63, 3.8) is 0 Å². The molecule has 0 radical (unpaired) electrons. The molecule has 0 unspecified atom stereocenters. The maximum Gasteiger partial charge on any atom is 0.404 e. The topological polar surface area (TPSA) is 279 Å². The average Bonchev–Trinajstić information content (AvgIpc) is 3.12. The van der Waals surface area contributed by atoms with Gasteiger partial charge in [0.1, 0.15) is 47.6 Å². The van der Waals surface area contributed by atoms with E-state index in [1.54, 1.807) is 13.8 Å². The number of methoxy groups -OCH3 is 1. The van der Waals surface area contributed by atoms with Crippen molar-refractivity contribution in [2.45, 2.75) is 102 Å². The minimum Gasteiger partial charge on any atom is -0.508 e. The molecule has 9 atom stereocenters. The number of aliphatic hydroxyl groups excluding tert-OH is 5. The first kappa shape index (κ1) is 41.4. The van der Waals surface area contributed by atoms with Crippen LogP contribution in [0.2, 0.25) is 0 Å². The van der Waals surface area contributed by atoms with Gasteiger partial charge in [-0.1, -0.05) is 11.6 Å². The van der Waals surface area contributed by atoms with Crippen molar-refractivity contribution in [3.05, 3.63) is 69.1 Å². The number of nitrogens with two attached hydrogens (primary N) is 1. The second-order valence-corrected chi connectivity index (χ2v) is 14.0. The van der Waals surface area contributed by atoms with Gasteiger partial charge in [-0.05, 0) is 76.9 Å². The van der Waals surface area contributed by atoms with Crippen molar-refractivity contribution < 1.29 is 73.1 Å². The van der Waals surface area contributed by atoms with Crippen LogP contribution >= 0.6 is 0 Å². The van der Waals surface area contributed by atoms with E-state index >= 15 is 0 Å². The van der Waals surface area contributed by atoms with Crippen LogP contribution in [-0.2, 0) is 25.4 Å². The number of phenolic OH excluding ortho intramolecular Hbond substituents is 1. The van der Waals surface area contributed by atoms with Crippen LogP contribution in [0.1, 0.15) is 49.2 Å². The minimum atomic E-state index is -1.90. The number of ether oxygens (including phenoxy) is 6. The van der Waals surface area contributed by atoms with Crippen molar-refractivity contribution in [1.82, 2.24) is 0 Å². The summed E-state index contributed by atoms with van der Waals surface area (Å²) in [5, 5.41) is 65.4. The summed E-state index contributed by atoms with van der Waals surface area (Å²) < 4.78 is 39.9. The Bertz CT molecular complexity index is 1990. The Hall–Kier alpha value is -4.79. The molecule has 2 saturated heterocycles. The van der Waals surface area contributed by atoms with Crippen LogP contribution in [0.5, 0.6) is 17.2 Å². The lowest BCUT2D eigenvalue weighted by molar-refractivity contribution is -0.304. The zero-order chi connectivity index (χ0) is 40.5. The molecule has 0 saturated carbocycles. The maximum absolute atomic E-state index is 13.8. The van der Waals surface area contributed by atoms with Gasteiger partial charge >= 0.3 is 11.7 Å². The van der Waals surface area contributed by atoms with E-state index in [9.17, 15) is 45.0 Å². The number of carbonyl (C=O) groups is 2. The molecule has 2 fully saturated rings. The number of aromatic hydroxyl groups is 1. The van der Waals surface area contributed by atoms with E-state index in [0.717, 1.165) is 5.57 Å². The third-order valence-corrected chi connectivity index (χ3v) is 9.39. The fraction of sp³-hybridized carbons (Fsp3) is 0.486. The van der Waals surface area contributed by atoms with Gasteiger partial charge in [0.15, 0.2) is 23.6 Å². The zero-order valence-electron chi connectivity index (χ0n) is 30.9. The predicted octanol–water partition coefficient (Wildman–Crippen LogP) is 1.10. The van der Waals surface area contributed by atoms with Gasteiger partial charge in [0.05, 0.1) is 17.6 Å². The number of hydrogen-bond acceptors (Lipinski definition) is 16. The Labute approximate surface area is 314 Å². The first-order valence-corrected chi connectivity index (χ1v) is 17.2. The minimum absolute atomic E-state index is 0.0199. The van der Waals surface area contributed by atoms with Crippen molar-refractivity contribution in [2.24, 2.45) is 5.73 Å². The number of phenols is 1. The van der Waals surface area contributed by atoms with Crippen LogP contribution in [0.3, 0.4) is 0 Å². The molecule has 5 rings (SSSR count). The zero-order valence-corrected chi connectivity index (χ0v) is 30.9. The van der Waals surface area contributed by atoms with Gasteiger partial charge in [-0.15, -0.1) is 0 Å². The van der Waals surface area contributed by atoms with Gasteiger partial charge in [0.25, 0.3) is 5.91 Å². The number of amides is 2. The highest BCUT2D eigenvalue weighted by Crippen LogP contribution is 2.40. The number of fused-ring (bicyclic) bond motifs is 1. The van der Waals surface area contributed by atoms with Crippen LogP contribution in [0.4, 0.5) is 10.5 Å². The second kappa shape index (κ2) is 16.5. The van der Waals surface area contributed by atoms with Gasteiger partial charge in [-0.25, -0.2) is 9.59 Å². The molecular weight excluding hydrogens is 728 g/mol. The molecule has 3 heterocycles. The largest absolute Gasteiger partial charge is 0.508 e. The summed E-state index contributed by atoms with van der Waals surface area (Å²) in [4.78, 5) is 39.1. The van der Waals surface area contributed by atoms with Crippen LogP contribution in [-0.4, -0.2) is 117 Å².